The van der Waals surface area contributed by atoms with Crippen molar-refractivity contribution in [2.24, 2.45) is 7.05 Å². The molecule has 0 saturated heterocycles. The van der Waals surface area contributed by atoms with Crippen molar-refractivity contribution < 1.29 is 9.21 Å². The molecule has 1 atom stereocenters. The molecule has 3 aromatic rings. The molecule has 1 unspecified atom stereocenters. The normalized spacial score (nSPS) is 12.1. The monoisotopic (exact) mass is 406 g/mol. The van der Waals surface area contributed by atoms with Crippen molar-refractivity contribution in [2.75, 3.05) is 5.32 Å². The van der Waals surface area contributed by atoms with Gasteiger partial charge in [0.05, 0.1) is 11.5 Å². The molecule has 1 N–H and O–H groups in total. The number of hydrogen-bond acceptors (Lipinski definition) is 5. The van der Waals surface area contributed by atoms with Gasteiger partial charge in [0.1, 0.15) is 0 Å². The number of aromatic nitrogens is 3. The minimum Gasteiger partial charge on any atom is -0.461 e. The van der Waals surface area contributed by atoms with Crippen molar-refractivity contribution in [3.05, 3.63) is 47.1 Å². The Morgan fingerprint density at radius 2 is 2.04 bits per heavy atom. The first-order chi connectivity index (χ1) is 11.5. The number of benzene rings is 1. The van der Waals surface area contributed by atoms with Gasteiger partial charge < -0.3 is 14.3 Å². The van der Waals surface area contributed by atoms with E-state index in [1.54, 1.807) is 12.3 Å². The Kier molecular flexibility index (Phi) is 5.06. The fraction of sp³-hybridized carbons (Fsp3) is 0.188. The van der Waals surface area contributed by atoms with Gasteiger partial charge in [-0.1, -0.05) is 27.7 Å². The number of furan rings is 1. The summed E-state index contributed by atoms with van der Waals surface area (Å²) in [5.74, 6) is 1.18. The van der Waals surface area contributed by atoms with E-state index in [0.29, 0.717) is 16.7 Å². The predicted octanol–water partition coefficient (Wildman–Crippen LogP) is 3.96. The summed E-state index contributed by atoms with van der Waals surface area (Å²) < 4.78 is 8.12. The van der Waals surface area contributed by atoms with Crippen molar-refractivity contribution in [1.82, 2.24) is 14.8 Å². The van der Waals surface area contributed by atoms with E-state index in [2.05, 4.69) is 31.4 Å². The van der Waals surface area contributed by atoms with Gasteiger partial charge in [0.25, 0.3) is 0 Å². The maximum atomic E-state index is 12.3. The number of anilines is 1. The molecule has 6 nitrogen and oxygen atoms in total. The average Bonchev–Trinajstić information content (AvgIpc) is 3.20. The van der Waals surface area contributed by atoms with Crippen LogP contribution < -0.4 is 5.32 Å². The first-order valence-corrected chi connectivity index (χ1v) is 8.88. The summed E-state index contributed by atoms with van der Waals surface area (Å²) in [4.78, 5) is 12.3. The summed E-state index contributed by atoms with van der Waals surface area (Å²) in [6.07, 6.45) is 1.59. The van der Waals surface area contributed by atoms with Gasteiger partial charge >= 0.3 is 0 Å². The van der Waals surface area contributed by atoms with Crippen LogP contribution in [0.5, 0.6) is 0 Å². The van der Waals surface area contributed by atoms with Crippen molar-refractivity contribution in [2.45, 2.75) is 17.3 Å². The van der Waals surface area contributed by atoms with Crippen LogP contribution in [0.15, 0.2) is 56.7 Å². The number of hydrogen-bond donors (Lipinski definition) is 1. The molecular weight excluding hydrogens is 392 g/mol. The number of nitrogens with zero attached hydrogens (tertiary/aromatic N) is 3. The quantitative estimate of drug-likeness (QED) is 0.649. The molecule has 0 aliphatic heterocycles. The highest BCUT2D eigenvalue weighted by molar-refractivity contribution is 9.10. The second-order valence-electron chi connectivity index (χ2n) is 5.10. The molecule has 0 saturated carbocycles. The third kappa shape index (κ3) is 3.70. The van der Waals surface area contributed by atoms with E-state index in [9.17, 15) is 4.79 Å². The highest BCUT2D eigenvalue weighted by Gasteiger charge is 2.20. The summed E-state index contributed by atoms with van der Waals surface area (Å²) in [6, 6.07) is 11.1. The topological polar surface area (TPSA) is 73.0 Å². The second kappa shape index (κ2) is 7.23. The zero-order valence-corrected chi connectivity index (χ0v) is 15.5. The predicted molar refractivity (Wildman–Crippen MR) is 96.8 cm³/mol. The molecule has 0 aliphatic carbocycles. The Hall–Kier alpha value is -2.06. The number of thioether (sulfide) groups is 1. The van der Waals surface area contributed by atoms with Gasteiger partial charge in [-0.15, -0.1) is 10.2 Å². The van der Waals surface area contributed by atoms with E-state index in [1.807, 2.05) is 48.9 Å². The zero-order valence-electron chi connectivity index (χ0n) is 13.1. The van der Waals surface area contributed by atoms with Crippen molar-refractivity contribution in [1.29, 1.82) is 0 Å². The van der Waals surface area contributed by atoms with E-state index in [1.165, 1.54) is 11.8 Å². The summed E-state index contributed by atoms with van der Waals surface area (Å²) >= 11 is 4.71. The van der Waals surface area contributed by atoms with Gasteiger partial charge in [-0.25, -0.2) is 0 Å². The van der Waals surface area contributed by atoms with Crippen LogP contribution in [-0.2, 0) is 11.8 Å². The lowest BCUT2D eigenvalue weighted by Crippen LogP contribution is -2.22. The fourth-order valence-corrected chi connectivity index (χ4v) is 3.11. The van der Waals surface area contributed by atoms with E-state index < -0.39 is 0 Å². The van der Waals surface area contributed by atoms with E-state index in [-0.39, 0.29) is 11.2 Å². The molecule has 2 heterocycles. The molecule has 8 heteroatoms. The zero-order chi connectivity index (χ0) is 17.1. The van der Waals surface area contributed by atoms with Crippen LogP contribution in [-0.4, -0.2) is 25.9 Å². The molecule has 0 fully saturated rings. The van der Waals surface area contributed by atoms with Crippen molar-refractivity contribution in [3.63, 3.8) is 0 Å². The van der Waals surface area contributed by atoms with Gasteiger partial charge in [0, 0.05) is 17.2 Å². The summed E-state index contributed by atoms with van der Waals surface area (Å²) in [5, 5.41) is 11.5. The third-order valence-electron chi connectivity index (χ3n) is 3.34. The molecule has 0 radical (unpaired) electrons. The Morgan fingerprint density at radius 3 is 2.71 bits per heavy atom. The van der Waals surface area contributed by atoms with Gasteiger partial charge in [0.15, 0.2) is 16.7 Å². The molecule has 1 amide bonds. The maximum absolute atomic E-state index is 12.3. The Balaban J connectivity index is 1.67. The first-order valence-electron chi connectivity index (χ1n) is 7.21. The molecule has 124 valence electrons. The van der Waals surface area contributed by atoms with Crippen LogP contribution in [0.4, 0.5) is 5.69 Å². The lowest BCUT2D eigenvalue weighted by atomic mass is 10.3. The number of carbonyl (C=O) groups is 1. The van der Waals surface area contributed by atoms with Gasteiger partial charge in [-0.3, -0.25) is 4.79 Å². The highest BCUT2D eigenvalue weighted by atomic mass is 79.9. The minimum absolute atomic E-state index is 0.0927. The number of rotatable bonds is 5. The van der Waals surface area contributed by atoms with E-state index in [4.69, 9.17) is 4.42 Å². The van der Waals surface area contributed by atoms with Crippen LogP contribution in [0.3, 0.4) is 0 Å². The van der Waals surface area contributed by atoms with Crippen LogP contribution in [0, 0.1) is 0 Å². The van der Waals surface area contributed by atoms with Crippen LogP contribution >= 0.6 is 27.7 Å². The van der Waals surface area contributed by atoms with E-state index in [0.717, 1.165) is 10.2 Å². The van der Waals surface area contributed by atoms with Gasteiger partial charge in [-0.05, 0) is 43.3 Å². The third-order valence-corrected chi connectivity index (χ3v) is 5.00. The average molecular weight is 407 g/mol. The summed E-state index contributed by atoms with van der Waals surface area (Å²) in [7, 11) is 1.85. The van der Waals surface area contributed by atoms with Crippen LogP contribution in [0.1, 0.15) is 6.92 Å². The molecule has 0 aliphatic rings. The summed E-state index contributed by atoms with van der Waals surface area (Å²) in [5.41, 5.74) is 0.755. The van der Waals surface area contributed by atoms with E-state index >= 15 is 0 Å². The smallest absolute Gasteiger partial charge is 0.237 e. The number of carbonyl (C=O) groups excluding carboxylic acids is 1. The first kappa shape index (κ1) is 16.8. The highest BCUT2D eigenvalue weighted by Crippen LogP contribution is 2.26. The Bertz CT molecular complexity index is 830. The standard InChI is InChI=1S/C16H15BrN4O2S/c1-10(15(22)18-12-7-5-11(17)6-8-12)24-16-20-19-14(21(16)2)13-4-3-9-23-13/h3-10H,1-2H3,(H,18,22). The SMILES string of the molecule is CC(Sc1nnc(-c2ccco2)n1C)C(=O)Nc1ccc(Br)cc1. The number of nitrogens with one attached hydrogen (secondary N) is 1. The molecular formula is C16H15BrN4O2S. The second-order valence-corrected chi connectivity index (χ2v) is 7.32. The van der Waals surface area contributed by atoms with Gasteiger partial charge in [-0.2, -0.15) is 0 Å². The molecule has 0 spiro atoms. The molecule has 24 heavy (non-hydrogen) atoms. The Morgan fingerprint density at radius 1 is 1.29 bits per heavy atom. The van der Waals surface area contributed by atoms with Crippen molar-refractivity contribution >= 4 is 39.3 Å². The van der Waals surface area contributed by atoms with Gasteiger partial charge in [0.2, 0.25) is 5.91 Å². The molecule has 0 bridgehead atoms. The van der Waals surface area contributed by atoms with Crippen LogP contribution in [0.2, 0.25) is 0 Å². The molecule has 2 aromatic heterocycles. The Labute approximate surface area is 151 Å². The number of halogens is 1. The van der Waals surface area contributed by atoms with Crippen LogP contribution in [0.25, 0.3) is 11.6 Å². The molecule has 1 aromatic carbocycles. The summed E-state index contributed by atoms with van der Waals surface area (Å²) in [6.45, 7) is 1.83. The lowest BCUT2D eigenvalue weighted by Gasteiger charge is -2.11. The van der Waals surface area contributed by atoms with Crippen molar-refractivity contribution in [3.8, 4) is 11.6 Å². The minimum atomic E-state index is -0.319. The number of amides is 1. The fourth-order valence-electron chi connectivity index (χ4n) is 2.03. The largest absolute Gasteiger partial charge is 0.461 e. The maximum Gasteiger partial charge on any atom is 0.237 e. The molecule has 3 rings (SSSR count). The lowest BCUT2D eigenvalue weighted by molar-refractivity contribution is -0.115.